The van der Waals surface area contributed by atoms with Crippen molar-refractivity contribution >= 4 is 5.69 Å². The van der Waals surface area contributed by atoms with Crippen molar-refractivity contribution in [1.82, 2.24) is 5.32 Å². The van der Waals surface area contributed by atoms with Crippen molar-refractivity contribution < 1.29 is 4.74 Å². The molecule has 1 aromatic carbocycles. The molecule has 1 aliphatic heterocycles. The molecule has 0 bridgehead atoms. The van der Waals surface area contributed by atoms with Gasteiger partial charge in [0.1, 0.15) is 0 Å². The Bertz CT molecular complexity index is 480. The Balaban J connectivity index is 1.81. The van der Waals surface area contributed by atoms with Crippen LogP contribution in [0.3, 0.4) is 0 Å². The Hall–Kier alpha value is -1.06. The van der Waals surface area contributed by atoms with Gasteiger partial charge < -0.3 is 15.0 Å². The number of para-hydroxylation sites is 1. The lowest BCUT2D eigenvalue weighted by Gasteiger charge is -2.40. The number of nitrogens with one attached hydrogen (secondary N) is 1. The van der Waals surface area contributed by atoms with Gasteiger partial charge in [-0.25, -0.2) is 0 Å². The van der Waals surface area contributed by atoms with Crippen molar-refractivity contribution in [1.29, 1.82) is 0 Å². The van der Waals surface area contributed by atoms with Gasteiger partial charge in [0.2, 0.25) is 0 Å². The summed E-state index contributed by atoms with van der Waals surface area (Å²) in [5.74, 6) is 0. The third-order valence-electron chi connectivity index (χ3n) is 4.59. The van der Waals surface area contributed by atoms with Crippen LogP contribution in [0.15, 0.2) is 24.3 Å². The molecule has 2 fully saturated rings. The van der Waals surface area contributed by atoms with Crippen molar-refractivity contribution in [3.63, 3.8) is 0 Å². The van der Waals surface area contributed by atoms with E-state index in [1.54, 1.807) is 0 Å². The highest BCUT2D eigenvalue weighted by atomic mass is 16.5. The Morgan fingerprint density at radius 2 is 2.05 bits per heavy atom. The molecule has 0 spiro atoms. The number of nitrogens with zero attached hydrogens (tertiary/aromatic N) is 1. The second-order valence-electron chi connectivity index (χ2n) is 7.33. The molecule has 1 saturated heterocycles. The standard InChI is InChI=1S/C18H28N2O/c1-18(2,3)19-13-14-7-4-5-8-15(14)20-11-12-21-17-10-6-9-16(17)20/h4-5,7-8,16-17,19H,6,9-13H2,1-3H3. The van der Waals surface area contributed by atoms with Crippen LogP contribution in [0, 0.1) is 0 Å². The number of fused-ring (bicyclic) bond motifs is 1. The largest absolute Gasteiger partial charge is 0.374 e. The number of rotatable bonds is 3. The van der Waals surface area contributed by atoms with Gasteiger partial charge in [0.25, 0.3) is 0 Å². The molecule has 1 saturated carbocycles. The lowest BCUT2D eigenvalue weighted by Crippen LogP contribution is -2.49. The fraction of sp³-hybridized carbons (Fsp3) is 0.667. The van der Waals surface area contributed by atoms with Crippen LogP contribution in [0.1, 0.15) is 45.6 Å². The van der Waals surface area contributed by atoms with Crippen LogP contribution >= 0.6 is 0 Å². The molecule has 1 heterocycles. The minimum absolute atomic E-state index is 0.147. The summed E-state index contributed by atoms with van der Waals surface area (Å²) in [5.41, 5.74) is 2.95. The molecule has 3 heteroatoms. The number of hydrogen-bond donors (Lipinski definition) is 1. The maximum Gasteiger partial charge on any atom is 0.0779 e. The first-order chi connectivity index (χ1) is 10.0. The molecule has 3 nitrogen and oxygen atoms in total. The number of anilines is 1. The Kier molecular flexibility index (Phi) is 4.23. The summed E-state index contributed by atoms with van der Waals surface area (Å²) in [6.45, 7) is 9.47. The van der Waals surface area contributed by atoms with Gasteiger partial charge >= 0.3 is 0 Å². The SMILES string of the molecule is CC(C)(C)NCc1ccccc1N1CCOC2CCCC21. The molecule has 2 unspecified atom stereocenters. The van der Waals surface area contributed by atoms with Crippen LogP contribution in [-0.4, -0.2) is 30.8 Å². The van der Waals surface area contributed by atoms with Gasteiger partial charge in [-0.05, 0) is 51.7 Å². The zero-order valence-electron chi connectivity index (χ0n) is 13.6. The monoisotopic (exact) mass is 288 g/mol. The molecule has 0 aromatic heterocycles. The summed E-state index contributed by atoms with van der Waals surface area (Å²) < 4.78 is 5.95. The number of hydrogen-bond acceptors (Lipinski definition) is 3. The van der Waals surface area contributed by atoms with Gasteiger partial charge in [-0.3, -0.25) is 0 Å². The summed E-state index contributed by atoms with van der Waals surface area (Å²) >= 11 is 0. The van der Waals surface area contributed by atoms with E-state index < -0.39 is 0 Å². The van der Waals surface area contributed by atoms with Gasteiger partial charge in [0.15, 0.2) is 0 Å². The molecule has 1 N–H and O–H groups in total. The minimum atomic E-state index is 0.147. The third-order valence-corrected chi connectivity index (χ3v) is 4.59. The molecule has 2 aliphatic rings. The lowest BCUT2D eigenvalue weighted by molar-refractivity contribution is 0.0255. The summed E-state index contributed by atoms with van der Waals surface area (Å²) in [4.78, 5) is 2.60. The summed E-state index contributed by atoms with van der Waals surface area (Å²) in [6, 6.07) is 9.42. The summed E-state index contributed by atoms with van der Waals surface area (Å²) in [5, 5.41) is 3.62. The first-order valence-corrected chi connectivity index (χ1v) is 8.26. The average Bonchev–Trinajstić information content (AvgIpc) is 2.93. The number of morpholine rings is 1. The number of ether oxygens (including phenoxy) is 1. The molecule has 116 valence electrons. The van der Waals surface area contributed by atoms with Crippen molar-refractivity contribution in [2.75, 3.05) is 18.1 Å². The maximum atomic E-state index is 5.95. The van der Waals surface area contributed by atoms with E-state index in [2.05, 4.69) is 55.3 Å². The Morgan fingerprint density at radius 1 is 1.24 bits per heavy atom. The third kappa shape index (κ3) is 3.41. The van der Waals surface area contributed by atoms with E-state index in [1.807, 2.05) is 0 Å². The predicted molar refractivity (Wildman–Crippen MR) is 87.8 cm³/mol. The fourth-order valence-corrected chi connectivity index (χ4v) is 3.53. The molecule has 0 amide bonds. The van der Waals surface area contributed by atoms with E-state index in [0.29, 0.717) is 12.1 Å². The minimum Gasteiger partial charge on any atom is -0.374 e. The quantitative estimate of drug-likeness (QED) is 0.923. The van der Waals surface area contributed by atoms with E-state index in [9.17, 15) is 0 Å². The first-order valence-electron chi connectivity index (χ1n) is 8.26. The Labute approximate surface area is 128 Å². The van der Waals surface area contributed by atoms with Gasteiger partial charge in [0.05, 0.1) is 18.8 Å². The molecular weight excluding hydrogens is 260 g/mol. The lowest BCUT2D eigenvalue weighted by atomic mass is 10.0. The Morgan fingerprint density at radius 3 is 2.86 bits per heavy atom. The highest BCUT2D eigenvalue weighted by Crippen LogP contribution is 2.34. The maximum absolute atomic E-state index is 5.95. The van der Waals surface area contributed by atoms with E-state index >= 15 is 0 Å². The van der Waals surface area contributed by atoms with Crippen molar-refractivity contribution in [3.05, 3.63) is 29.8 Å². The van der Waals surface area contributed by atoms with Crippen LogP contribution in [-0.2, 0) is 11.3 Å². The normalized spacial score (nSPS) is 26.0. The first kappa shape index (κ1) is 14.9. The van der Waals surface area contributed by atoms with Crippen molar-refractivity contribution in [2.45, 2.75) is 64.3 Å². The fourth-order valence-electron chi connectivity index (χ4n) is 3.53. The molecule has 1 aromatic rings. The molecule has 0 radical (unpaired) electrons. The van der Waals surface area contributed by atoms with Crippen LogP contribution in [0.25, 0.3) is 0 Å². The average molecular weight is 288 g/mol. The van der Waals surface area contributed by atoms with Crippen LogP contribution in [0.4, 0.5) is 5.69 Å². The van der Waals surface area contributed by atoms with Crippen LogP contribution in [0.2, 0.25) is 0 Å². The number of benzene rings is 1. The van der Waals surface area contributed by atoms with Gasteiger partial charge in [-0.15, -0.1) is 0 Å². The van der Waals surface area contributed by atoms with E-state index in [-0.39, 0.29) is 5.54 Å². The van der Waals surface area contributed by atoms with Gasteiger partial charge in [-0.2, -0.15) is 0 Å². The molecule has 1 aliphatic carbocycles. The van der Waals surface area contributed by atoms with Crippen molar-refractivity contribution in [2.24, 2.45) is 0 Å². The molecular formula is C18H28N2O. The molecule has 2 atom stereocenters. The van der Waals surface area contributed by atoms with Gasteiger partial charge in [-0.1, -0.05) is 18.2 Å². The predicted octanol–water partition coefficient (Wildman–Crippen LogP) is 3.33. The topological polar surface area (TPSA) is 24.5 Å². The van der Waals surface area contributed by atoms with E-state index in [4.69, 9.17) is 4.74 Å². The highest BCUT2D eigenvalue weighted by molar-refractivity contribution is 5.55. The smallest absolute Gasteiger partial charge is 0.0779 e. The zero-order valence-corrected chi connectivity index (χ0v) is 13.6. The zero-order chi connectivity index (χ0) is 14.9. The van der Waals surface area contributed by atoms with Crippen LogP contribution < -0.4 is 10.2 Å². The second-order valence-corrected chi connectivity index (χ2v) is 7.33. The van der Waals surface area contributed by atoms with Crippen molar-refractivity contribution in [3.8, 4) is 0 Å². The van der Waals surface area contributed by atoms with Crippen LogP contribution in [0.5, 0.6) is 0 Å². The van der Waals surface area contributed by atoms with E-state index in [0.717, 1.165) is 19.7 Å². The highest BCUT2D eigenvalue weighted by Gasteiger charge is 2.36. The summed E-state index contributed by atoms with van der Waals surface area (Å²) in [6.07, 6.45) is 4.24. The molecule has 21 heavy (non-hydrogen) atoms. The second kappa shape index (κ2) is 5.98. The van der Waals surface area contributed by atoms with Gasteiger partial charge in [0, 0.05) is 24.3 Å². The summed E-state index contributed by atoms with van der Waals surface area (Å²) in [7, 11) is 0. The molecule has 3 rings (SSSR count). The van der Waals surface area contributed by atoms with E-state index in [1.165, 1.54) is 30.5 Å².